The third-order valence-electron chi connectivity index (χ3n) is 3.97. The van der Waals surface area contributed by atoms with E-state index in [0.29, 0.717) is 18.4 Å². The van der Waals surface area contributed by atoms with Gasteiger partial charge in [0, 0.05) is 12.2 Å². The van der Waals surface area contributed by atoms with Crippen molar-refractivity contribution in [1.82, 2.24) is 20.1 Å². The van der Waals surface area contributed by atoms with Crippen molar-refractivity contribution >= 4 is 5.91 Å². The number of nitrogens with zero attached hydrogens (tertiary/aromatic N) is 3. The predicted octanol–water partition coefficient (Wildman–Crippen LogP) is 2.51. The maximum atomic E-state index is 12.6. The van der Waals surface area contributed by atoms with Crippen molar-refractivity contribution in [3.63, 3.8) is 0 Å². The fraction of sp³-hybridized carbons (Fsp3) is 0.211. The SMILES string of the molecule is O=C(NC(CCCO)c1ccccc1)c1ccc(-n2cncn2)cc1. The lowest BCUT2D eigenvalue weighted by molar-refractivity contribution is 0.0932. The highest BCUT2D eigenvalue weighted by molar-refractivity contribution is 5.94. The van der Waals surface area contributed by atoms with Gasteiger partial charge in [-0.3, -0.25) is 4.79 Å². The minimum atomic E-state index is -0.142. The average Bonchev–Trinajstić information content (AvgIpc) is 3.20. The lowest BCUT2D eigenvalue weighted by Gasteiger charge is -2.19. The van der Waals surface area contributed by atoms with Gasteiger partial charge in [0.05, 0.1) is 11.7 Å². The van der Waals surface area contributed by atoms with Crippen LogP contribution in [0.5, 0.6) is 0 Å². The maximum Gasteiger partial charge on any atom is 0.251 e. The van der Waals surface area contributed by atoms with Gasteiger partial charge in [0.25, 0.3) is 5.91 Å². The normalized spacial score (nSPS) is 11.9. The van der Waals surface area contributed by atoms with Crippen molar-refractivity contribution in [2.75, 3.05) is 6.61 Å². The Labute approximate surface area is 146 Å². The van der Waals surface area contributed by atoms with E-state index >= 15 is 0 Å². The van der Waals surface area contributed by atoms with E-state index in [0.717, 1.165) is 11.3 Å². The molecule has 2 aromatic carbocycles. The van der Waals surface area contributed by atoms with Crippen molar-refractivity contribution in [1.29, 1.82) is 0 Å². The van der Waals surface area contributed by atoms with Crippen LogP contribution < -0.4 is 5.32 Å². The summed E-state index contributed by atoms with van der Waals surface area (Å²) in [5, 5.41) is 16.2. The van der Waals surface area contributed by atoms with E-state index in [9.17, 15) is 4.79 Å². The molecule has 0 radical (unpaired) electrons. The Morgan fingerprint density at radius 3 is 2.52 bits per heavy atom. The summed E-state index contributed by atoms with van der Waals surface area (Å²) in [4.78, 5) is 16.5. The van der Waals surface area contributed by atoms with E-state index in [2.05, 4.69) is 15.4 Å². The van der Waals surface area contributed by atoms with Crippen LogP contribution in [0.1, 0.15) is 34.8 Å². The quantitative estimate of drug-likeness (QED) is 0.695. The Morgan fingerprint density at radius 1 is 1.12 bits per heavy atom. The molecule has 1 aromatic heterocycles. The van der Waals surface area contributed by atoms with Crippen LogP contribution in [0.15, 0.2) is 67.3 Å². The smallest absolute Gasteiger partial charge is 0.251 e. The largest absolute Gasteiger partial charge is 0.396 e. The molecule has 6 heteroatoms. The molecule has 0 aliphatic rings. The van der Waals surface area contributed by atoms with Crippen LogP contribution in [0.2, 0.25) is 0 Å². The minimum absolute atomic E-state index is 0.103. The van der Waals surface area contributed by atoms with Gasteiger partial charge in [-0.05, 0) is 42.7 Å². The molecule has 1 amide bonds. The second kappa shape index (κ2) is 8.21. The molecule has 0 saturated carbocycles. The molecule has 0 aliphatic carbocycles. The zero-order valence-electron chi connectivity index (χ0n) is 13.7. The highest BCUT2D eigenvalue weighted by atomic mass is 16.3. The molecule has 128 valence electrons. The van der Waals surface area contributed by atoms with Gasteiger partial charge in [-0.1, -0.05) is 30.3 Å². The highest BCUT2D eigenvalue weighted by Crippen LogP contribution is 2.19. The molecule has 3 rings (SSSR count). The summed E-state index contributed by atoms with van der Waals surface area (Å²) in [6.45, 7) is 0.103. The lowest BCUT2D eigenvalue weighted by Crippen LogP contribution is -2.28. The van der Waals surface area contributed by atoms with Gasteiger partial charge in [0.1, 0.15) is 12.7 Å². The summed E-state index contributed by atoms with van der Waals surface area (Å²) in [7, 11) is 0. The first-order valence-corrected chi connectivity index (χ1v) is 8.19. The Balaban J connectivity index is 1.72. The summed E-state index contributed by atoms with van der Waals surface area (Å²) in [6, 6.07) is 16.9. The number of aliphatic hydroxyl groups is 1. The lowest BCUT2D eigenvalue weighted by atomic mass is 10.0. The molecule has 1 unspecified atom stereocenters. The van der Waals surface area contributed by atoms with E-state index in [1.807, 2.05) is 42.5 Å². The zero-order chi connectivity index (χ0) is 17.5. The Hall–Kier alpha value is -2.99. The summed E-state index contributed by atoms with van der Waals surface area (Å²) < 4.78 is 1.63. The molecule has 1 atom stereocenters. The number of aromatic nitrogens is 3. The second-order valence-corrected chi connectivity index (χ2v) is 5.69. The van der Waals surface area contributed by atoms with Crippen LogP contribution in [0.3, 0.4) is 0 Å². The highest BCUT2D eigenvalue weighted by Gasteiger charge is 2.15. The molecule has 6 nitrogen and oxygen atoms in total. The third kappa shape index (κ3) is 4.30. The van der Waals surface area contributed by atoms with Crippen molar-refractivity contribution in [2.24, 2.45) is 0 Å². The van der Waals surface area contributed by atoms with Gasteiger partial charge in [0.2, 0.25) is 0 Å². The number of nitrogens with one attached hydrogen (secondary N) is 1. The number of amides is 1. The fourth-order valence-corrected chi connectivity index (χ4v) is 2.65. The van der Waals surface area contributed by atoms with Gasteiger partial charge in [0.15, 0.2) is 0 Å². The summed E-state index contributed by atoms with van der Waals surface area (Å²) >= 11 is 0. The summed E-state index contributed by atoms with van der Waals surface area (Å²) in [5.74, 6) is -0.142. The number of hydrogen-bond acceptors (Lipinski definition) is 4. The minimum Gasteiger partial charge on any atom is -0.396 e. The third-order valence-corrected chi connectivity index (χ3v) is 3.97. The van der Waals surface area contributed by atoms with Crippen molar-refractivity contribution < 1.29 is 9.90 Å². The Morgan fingerprint density at radius 2 is 1.88 bits per heavy atom. The first kappa shape index (κ1) is 16.9. The van der Waals surface area contributed by atoms with Gasteiger partial charge in [-0.2, -0.15) is 5.10 Å². The summed E-state index contributed by atoms with van der Waals surface area (Å²) in [5.41, 5.74) is 2.45. The molecule has 0 saturated heterocycles. The topological polar surface area (TPSA) is 80.0 Å². The number of carbonyl (C=O) groups excluding carboxylic acids is 1. The molecule has 0 fully saturated rings. The molecular weight excluding hydrogens is 316 g/mol. The fourth-order valence-electron chi connectivity index (χ4n) is 2.65. The number of benzene rings is 2. The number of carbonyl (C=O) groups is 1. The van der Waals surface area contributed by atoms with Crippen LogP contribution in [-0.4, -0.2) is 32.4 Å². The van der Waals surface area contributed by atoms with E-state index in [1.165, 1.54) is 6.33 Å². The van der Waals surface area contributed by atoms with Gasteiger partial charge in [-0.15, -0.1) is 0 Å². The molecule has 25 heavy (non-hydrogen) atoms. The van der Waals surface area contributed by atoms with Crippen molar-refractivity contribution in [2.45, 2.75) is 18.9 Å². The molecule has 0 spiro atoms. The van der Waals surface area contributed by atoms with Gasteiger partial charge in [-0.25, -0.2) is 9.67 Å². The number of rotatable bonds is 7. The molecule has 0 aliphatic heterocycles. The molecule has 0 bridgehead atoms. The van der Waals surface area contributed by atoms with Crippen LogP contribution in [-0.2, 0) is 0 Å². The molecule has 1 heterocycles. The predicted molar refractivity (Wildman–Crippen MR) is 94.3 cm³/mol. The van der Waals surface area contributed by atoms with E-state index in [-0.39, 0.29) is 18.6 Å². The first-order chi connectivity index (χ1) is 12.3. The van der Waals surface area contributed by atoms with E-state index in [1.54, 1.807) is 23.1 Å². The van der Waals surface area contributed by atoms with Crippen molar-refractivity contribution in [3.8, 4) is 5.69 Å². The molecule has 2 N–H and O–H groups in total. The monoisotopic (exact) mass is 336 g/mol. The average molecular weight is 336 g/mol. The van der Waals surface area contributed by atoms with Crippen LogP contribution in [0, 0.1) is 0 Å². The Kier molecular flexibility index (Phi) is 5.53. The standard InChI is InChI=1S/C19H20N4O2/c24-12-4-7-18(15-5-2-1-3-6-15)22-19(25)16-8-10-17(11-9-16)23-14-20-13-21-23/h1-3,5-6,8-11,13-14,18,24H,4,7,12H2,(H,22,25). The molecular formula is C19H20N4O2. The van der Waals surface area contributed by atoms with E-state index < -0.39 is 0 Å². The maximum absolute atomic E-state index is 12.6. The Bertz CT molecular complexity index is 786. The number of aliphatic hydroxyl groups excluding tert-OH is 1. The van der Waals surface area contributed by atoms with Crippen LogP contribution in [0.25, 0.3) is 5.69 Å². The first-order valence-electron chi connectivity index (χ1n) is 8.19. The second-order valence-electron chi connectivity index (χ2n) is 5.69. The van der Waals surface area contributed by atoms with Crippen LogP contribution >= 0.6 is 0 Å². The zero-order valence-corrected chi connectivity index (χ0v) is 13.7. The summed E-state index contributed by atoms with van der Waals surface area (Å²) in [6.07, 6.45) is 4.38. The van der Waals surface area contributed by atoms with Gasteiger partial charge < -0.3 is 10.4 Å². The van der Waals surface area contributed by atoms with E-state index in [4.69, 9.17) is 5.11 Å². The number of hydrogen-bond donors (Lipinski definition) is 2. The van der Waals surface area contributed by atoms with Crippen molar-refractivity contribution in [3.05, 3.63) is 78.4 Å². The molecule has 3 aromatic rings. The van der Waals surface area contributed by atoms with Gasteiger partial charge >= 0.3 is 0 Å². The van der Waals surface area contributed by atoms with Crippen LogP contribution in [0.4, 0.5) is 0 Å².